The first-order valence-electron chi connectivity index (χ1n) is 7.56. The Morgan fingerprint density at radius 1 is 1.30 bits per heavy atom. The largest absolute Gasteiger partial charge is 0.326 e. The van der Waals surface area contributed by atoms with E-state index in [2.05, 4.69) is 43.5 Å². The number of nitrogens with one attached hydrogen (secondary N) is 2. The zero-order chi connectivity index (χ0) is 14.6. The Morgan fingerprint density at radius 3 is 2.55 bits per heavy atom. The molecular weight excluding hydrogens is 248 g/mol. The minimum atomic E-state index is 0.125. The zero-order valence-electron chi connectivity index (χ0n) is 12.8. The van der Waals surface area contributed by atoms with Gasteiger partial charge in [-0.05, 0) is 55.0 Å². The van der Waals surface area contributed by atoms with E-state index < -0.39 is 0 Å². The third-order valence-corrected chi connectivity index (χ3v) is 3.98. The Morgan fingerprint density at radius 2 is 2.00 bits per heavy atom. The predicted molar refractivity (Wildman–Crippen MR) is 84.0 cm³/mol. The van der Waals surface area contributed by atoms with Gasteiger partial charge in [0.1, 0.15) is 0 Å². The van der Waals surface area contributed by atoms with Gasteiger partial charge in [-0.2, -0.15) is 0 Å². The number of amides is 1. The van der Waals surface area contributed by atoms with E-state index in [0.29, 0.717) is 12.3 Å². The molecular formula is C17H26N2O. The van der Waals surface area contributed by atoms with E-state index in [4.69, 9.17) is 0 Å². The van der Waals surface area contributed by atoms with E-state index in [1.807, 2.05) is 12.1 Å². The predicted octanol–water partition coefficient (Wildman–Crippen LogP) is 3.31. The fourth-order valence-corrected chi connectivity index (χ4v) is 2.57. The Kier molecular flexibility index (Phi) is 4.81. The Hall–Kier alpha value is -1.35. The molecule has 1 unspecified atom stereocenters. The lowest BCUT2D eigenvalue weighted by Gasteiger charge is -2.19. The molecule has 20 heavy (non-hydrogen) atoms. The van der Waals surface area contributed by atoms with Gasteiger partial charge in [0.05, 0.1) is 0 Å². The minimum absolute atomic E-state index is 0.125. The van der Waals surface area contributed by atoms with Crippen molar-refractivity contribution in [1.29, 1.82) is 0 Å². The van der Waals surface area contributed by atoms with Crippen LogP contribution in [-0.2, 0) is 10.2 Å². The first kappa shape index (κ1) is 15.0. The molecule has 3 heteroatoms. The maximum atomic E-state index is 11.9. The van der Waals surface area contributed by atoms with Crippen molar-refractivity contribution in [2.75, 3.05) is 18.4 Å². The summed E-state index contributed by atoms with van der Waals surface area (Å²) in [6.07, 6.45) is 2.81. The van der Waals surface area contributed by atoms with Crippen LogP contribution in [0, 0.1) is 5.92 Å². The summed E-state index contributed by atoms with van der Waals surface area (Å²) in [5.74, 6) is 0.796. The maximum Gasteiger partial charge on any atom is 0.224 e. The van der Waals surface area contributed by atoms with Crippen LogP contribution >= 0.6 is 0 Å². The average Bonchev–Trinajstić information content (AvgIpc) is 2.89. The molecule has 2 rings (SSSR count). The second kappa shape index (κ2) is 6.40. The fourth-order valence-electron chi connectivity index (χ4n) is 2.57. The standard InChI is InChI=1S/C17H26N2O/c1-17(2,3)14-5-7-15(8-6-14)19-16(20)9-4-13-10-11-18-12-13/h5-8,13,18H,4,9-12H2,1-3H3,(H,19,20). The summed E-state index contributed by atoms with van der Waals surface area (Å²) in [4.78, 5) is 11.9. The molecule has 1 atom stereocenters. The van der Waals surface area contributed by atoms with Crippen molar-refractivity contribution in [2.45, 2.75) is 45.4 Å². The molecule has 1 aromatic rings. The van der Waals surface area contributed by atoms with Crippen LogP contribution in [0.2, 0.25) is 0 Å². The van der Waals surface area contributed by atoms with Gasteiger partial charge in [0, 0.05) is 12.1 Å². The van der Waals surface area contributed by atoms with Gasteiger partial charge in [-0.3, -0.25) is 4.79 Å². The topological polar surface area (TPSA) is 41.1 Å². The van der Waals surface area contributed by atoms with Gasteiger partial charge < -0.3 is 10.6 Å². The first-order chi connectivity index (χ1) is 9.45. The smallest absolute Gasteiger partial charge is 0.224 e. The molecule has 1 aromatic carbocycles. The van der Waals surface area contributed by atoms with Crippen LogP contribution in [-0.4, -0.2) is 19.0 Å². The monoisotopic (exact) mass is 274 g/mol. The van der Waals surface area contributed by atoms with E-state index in [-0.39, 0.29) is 11.3 Å². The first-order valence-corrected chi connectivity index (χ1v) is 7.56. The highest BCUT2D eigenvalue weighted by Gasteiger charge is 2.16. The molecule has 1 amide bonds. The molecule has 0 aromatic heterocycles. The van der Waals surface area contributed by atoms with Crippen LogP contribution < -0.4 is 10.6 Å². The molecule has 0 bridgehead atoms. The van der Waals surface area contributed by atoms with E-state index in [1.165, 1.54) is 12.0 Å². The average molecular weight is 274 g/mol. The number of carbonyl (C=O) groups excluding carboxylic acids is 1. The maximum absolute atomic E-state index is 11.9. The number of carbonyl (C=O) groups is 1. The lowest BCUT2D eigenvalue weighted by molar-refractivity contribution is -0.116. The molecule has 1 aliphatic heterocycles. The number of hydrogen-bond acceptors (Lipinski definition) is 2. The van der Waals surface area contributed by atoms with Crippen LogP contribution in [0.25, 0.3) is 0 Å². The molecule has 1 fully saturated rings. The number of anilines is 1. The second-order valence-corrected chi connectivity index (χ2v) is 6.77. The van der Waals surface area contributed by atoms with Crippen LogP contribution in [0.4, 0.5) is 5.69 Å². The molecule has 0 radical (unpaired) electrons. The van der Waals surface area contributed by atoms with Crippen LogP contribution in [0.5, 0.6) is 0 Å². The Balaban J connectivity index is 1.81. The number of hydrogen-bond donors (Lipinski definition) is 2. The third kappa shape index (κ3) is 4.34. The number of rotatable bonds is 4. The quantitative estimate of drug-likeness (QED) is 0.884. The summed E-state index contributed by atoms with van der Waals surface area (Å²) in [7, 11) is 0. The molecule has 3 nitrogen and oxygen atoms in total. The van der Waals surface area contributed by atoms with Gasteiger partial charge in [0.2, 0.25) is 5.91 Å². The van der Waals surface area contributed by atoms with Crippen molar-refractivity contribution >= 4 is 11.6 Å². The van der Waals surface area contributed by atoms with Gasteiger partial charge in [0.15, 0.2) is 0 Å². The molecule has 2 N–H and O–H groups in total. The van der Waals surface area contributed by atoms with Crippen LogP contribution in [0.3, 0.4) is 0 Å². The lowest BCUT2D eigenvalue weighted by Crippen LogP contribution is -2.15. The van der Waals surface area contributed by atoms with E-state index in [0.717, 1.165) is 25.2 Å². The SMILES string of the molecule is CC(C)(C)c1ccc(NC(=O)CCC2CCNC2)cc1. The fraction of sp³-hybridized carbons (Fsp3) is 0.588. The summed E-state index contributed by atoms with van der Waals surface area (Å²) < 4.78 is 0. The summed E-state index contributed by atoms with van der Waals surface area (Å²) in [5.41, 5.74) is 2.33. The lowest BCUT2D eigenvalue weighted by atomic mass is 9.87. The molecule has 1 aliphatic rings. The van der Waals surface area contributed by atoms with Crippen LogP contribution in [0.1, 0.15) is 45.6 Å². The van der Waals surface area contributed by atoms with Crippen molar-refractivity contribution < 1.29 is 4.79 Å². The van der Waals surface area contributed by atoms with Gasteiger partial charge in [-0.25, -0.2) is 0 Å². The van der Waals surface area contributed by atoms with Crippen molar-refractivity contribution in [3.8, 4) is 0 Å². The molecule has 110 valence electrons. The molecule has 0 aliphatic carbocycles. The summed E-state index contributed by atoms with van der Waals surface area (Å²) in [6, 6.07) is 8.18. The van der Waals surface area contributed by atoms with Crippen molar-refractivity contribution in [3.63, 3.8) is 0 Å². The summed E-state index contributed by atoms with van der Waals surface area (Å²) in [6.45, 7) is 8.73. The van der Waals surface area contributed by atoms with Crippen molar-refractivity contribution in [2.24, 2.45) is 5.92 Å². The minimum Gasteiger partial charge on any atom is -0.326 e. The van der Waals surface area contributed by atoms with Gasteiger partial charge >= 0.3 is 0 Å². The molecule has 1 heterocycles. The Labute approximate surface area is 122 Å². The van der Waals surface area contributed by atoms with Crippen molar-refractivity contribution in [1.82, 2.24) is 5.32 Å². The second-order valence-electron chi connectivity index (χ2n) is 6.77. The molecule has 0 spiro atoms. The van der Waals surface area contributed by atoms with Crippen molar-refractivity contribution in [3.05, 3.63) is 29.8 Å². The normalized spacial score (nSPS) is 19.1. The molecule has 0 saturated carbocycles. The summed E-state index contributed by atoms with van der Waals surface area (Å²) >= 11 is 0. The van der Waals surface area contributed by atoms with Gasteiger partial charge in [0.25, 0.3) is 0 Å². The molecule has 1 saturated heterocycles. The third-order valence-electron chi connectivity index (χ3n) is 3.98. The van der Waals surface area contributed by atoms with Gasteiger partial charge in [-0.1, -0.05) is 32.9 Å². The highest BCUT2D eigenvalue weighted by molar-refractivity contribution is 5.90. The van der Waals surface area contributed by atoms with E-state index >= 15 is 0 Å². The van der Waals surface area contributed by atoms with Crippen LogP contribution in [0.15, 0.2) is 24.3 Å². The van der Waals surface area contributed by atoms with E-state index in [1.54, 1.807) is 0 Å². The number of benzene rings is 1. The zero-order valence-corrected chi connectivity index (χ0v) is 12.8. The Bertz CT molecular complexity index is 439. The van der Waals surface area contributed by atoms with E-state index in [9.17, 15) is 4.79 Å². The summed E-state index contributed by atoms with van der Waals surface area (Å²) in [5, 5.41) is 6.32. The highest BCUT2D eigenvalue weighted by atomic mass is 16.1. The highest BCUT2D eigenvalue weighted by Crippen LogP contribution is 2.23. The van der Waals surface area contributed by atoms with Gasteiger partial charge in [-0.15, -0.1) is 0 Å².